The monoisotopic (exact) mass is 252 g/mol. The Bertz CT molecular complexity index is 569. The molecule has 0 atom stereocenters. The topological polar surface area (TPSA) is 75.2 Å². The molecule has 6 nitrogen and oxygen atoms in total. The summed E-state index contributed by atoms with van der Waals surface area (Å²) in [7, 11) is 0. The minimum absolute atomic E-state index is 0.203. The van der Waals surface area contributed by atoms with E-state index in [9.17, 15) is 0 Å². The maximum absolute atomic E-state index is 6.07. The van der Waals surface area contributed by atoms with Crippen molar-refractivity contribution in [3.63, 3.8) is 0 Å². The number of benzene rings is 1. The number of nitrogen functional groups attached to an aromatic ring is 1. The van der Waals surface area contributed by atoms with Crippen LogP contribution < -0.4 is 15.2 Å². The zero-order chi connectivity index (χ0) is 11.8. The molecule has 0 spiro atoms. The number of nitrogens with two attached hydrogens (primary N) is 1. The molecular weight excluding hydrogens is 244 g/mol. The lowest BCUT2D eigenvalue weighted by Gasteiger charge is -2.04. The summed E-state index contributed by atoms with van der Waals surface area (Å²) in [6.45, 7) is 0.731. The minimum Gasteiger partial charge on any atom is -0.454 e. The van der Waals surface area contributed by atoms with Crippen LogP contribution in [-0.2, 0) is 6.54 Å². The first-order valence-corrected chi connectivity index (χ1v) is 5.34. The van der Waals surface area contributed by atoms with Gasteiger partial charge in [-0.25, -0.2) is 4.68 Å². The molecule has 0 saturated carbocycles. The molecule has 1 aliphatic heterocycles. The van der Waals surface area contributed by atoms with Gasteiger partial charge in [0.1, 0.15) is 0 Å². The molecule has 2 aromatic rings. The zero-order valence-electron chi connectivity index (χ0n) is 8.76. The highest BCUT2D eigenvalue weighted by Crippen LogP contribution is 2.39. The predicted molar refractivity (Wildman–Crippen MR) is 61.1 cm³/mol. The Morgan fingerprint density at radius 2 is 2.29 bits per heavy atom. The summed E-state index contributed by atoms with van der Waals surface area (Å²) in [6, 6.07) is 3.68. The molecule has 1 aromatic heterocycles. The molecule has 7 heteroatoms. The molecule has 0 unspecified atom stereocenters. The highest BCUT2D eigenvalue weighted by atomic mass is 35.5. The molecular formula is C10H9ClN4O2. The molecule has 0 bridgehead atoms. The molecule has 17 heavy (non-hydrogen) atoms. The van der Waals surface area contributed by atoms with Crippen LogP contribution in [0.3, 0.4) is 0 Å². The van der Waals surface area contributed by atoms with Gasteiger partial charge in [0.05, 0.1) is 17.8 Å². The molecule has 88 valence electrons. The van der Waals surface area contributed by atoms with E-state index >= 15 is 0 Å². The van der Waals surface area contributed by atoms with Crippen molar-refractivity contribution in [2.75, 3.05) is 12.5 Å². The van der Waals surface area contributed by atoms with Crippen molar-refractivity contribution >= 4 is 17.4 Å². The number of nitrogens with zero attached hydrogens (tertiary/aromatic N) is 3. The van der Waals surface area contributed by atoms with Crippen molar-refractivity contribution < 1.29 is 9.47 Å². The van der Waals surface area contributed by atoms with Crippen LogP contribution in [0.5, 0.6) is 11.5 Å². The molecule has 3 rings (SSSR count). The van der Waals surface area contributed by atoms with Crippen molar-refractivity contribution in [2.45, 2.75) is 6.54 Å². The summed E-state index contributed by atoms with van der Waals surface area (Å²) in [5.74, 6) is 1.63. The van der Waals surface area contributed by atoms with Crippen LogP contribution in [0.15, 0.2) is 18.3 Å². The fourth-order valence-corrected chi connectivity index (χ4v) is 1.98. The van der Waals surface area contributed by atoms with Gasteiger partial charge in [0.25, 0.3) is 0 Å². The summed E-state index contributed by atoms with van der Waals surface area (Å²) < 4.78 is 12.1. The average molecular weight is 253 g/mol. The third kappa shape index (κ3) is 1.87. The van der Waals surface area contributed by atoms with E-state index in [1.165, 1.54) is 0 Å². The Morgan fingerprint density at radius 1 is 1.41 bits per heavy atom. The lowest BCUT2D eigenvalue weighted by molar-refractivity contribution is 0.174. The van der Waals surface area contributed by atoms with Gasteiger partial charge >= 0.3 is 0 Å². The van der Waals surface area contributed by atoms with Crippen molar-refractivity contribution in [1.82, 2.24) is 15.0 Å². The second-order valence-corrected chi connectivity index (χ2v) is 4.06. The smallest absolute Gasteiger partial charge is 0.231 e. The summed E-state index contributed by atoms with van der Waals surface area (Å²) >= 11 is 6.07. The Labute approximate surface area is 102 Å². The van der Waals surface area contributed by atoms with E-state index < -0.39 is 0 Å². The summed E-state index contributed by atoms with van der Waals surface area (Å²) in [4.78, 5) is 0. The third-order valence-electron chi connectivity index (χ3n) is 2.39. The summed E-state index contributed by atoms with van der Waals surface area (Å²) in [5, 5.41) is 8.10. The molecule has 0 saturated heterocycles. The standard InChI is InChI=1S/C10H9ClN4O2/c11-7-1-6(2-8-10(7)17-5-16-8)3-15-4-9(12)13-14-15/h1-2,4H,3,5,12H2. The zero-order valence-corrected chi connectivity index (χ0v) is 9.52. The third-order valence-corrected chi connectivity index (χ3v) is 2.67. The van der Waals surface area contributed by atoms with E-state index in [0.29, 0.717) is 28.9 Å². The number of aromatic nitrogens is 3. The van der Waals surface area contributed by atoms with Crippen molar-refractivity contribution in [2.24, 2.45) is 0 Å². The minimum atomic E-state index is 0.203. The van der Waals surface area contributed by atoms with Crippen LogP contribution >= 0.6 is 11.6 Å². The Kier molecular flexibility index (Phi) is 2.29. The van der Waals surface area contributed by atoms with Gasteiger partial charge in [0.15, 0.2) is 17.3 Å². The first-order valence-electron chi connectivity index (χ1n) is 4.96. The molecule has 0 aliphatic carbocycles. The summed E-state index contributed by atoms with van der Waals surface area (Å²) in [5.41, 5.74) is 6.44. The second-order valence-electron chi connectivity index (χ2n) is 3.65. The highest BCUT2D eigenvalue weighted by molar-refractivity contribution is 6.32. The van der Waals surface area contributed by atoms with E-state index in [0.717, 1.165) is 5.56 Å². The van der Waals surface area contributed by atoms with Gasteiger partial charge in [-0.15, -0.1) is 5.10 Å². The number of anilines is 1. The number of hydrogen-bond donors (Lipinski definition) is 1. The number of hydrogen-bond acceptors (Lipinski definition) is 5. The van der Waals surface area contributed by atoms with Crippen LogP contribution in [0.1, 0.15) is 5.56 Å². The number of halogens is 1. The lowest BCUT2D eigenvalue weighted by atomic mass is 10.2. The van der Waals surface area contributed by atoms with E-state index in [4.69, 9.17) is 26.8 Å². The Morgan fingerprint density at radius 3 is 3.06 bits per heavy atom. The van der Waals surface area contributed by atoms with Gasteiger partial charge < -0.3 is 15.2 Å². The molecule has 2 N–H and O–H groups in total. The van der Waals surface area contributed by atoms with Crippen LogP contribution in [-0.4, -0.2) is 21.8 Å². The quantitative estimate of drug-likeness (QED) is 0.872. The molecule has 1 aliphatic rings. The molecule has 0 radical (unpaired) electrons. The van der Waals surface area contributed by atoms with Gasteiger partial charge in [0, 0.05) is 0 Å². The van der Waals surface area contributed by atoms with Crippen LogP contribution in [0.4, 0.5) is 5.82 Å². The normalized spacial score (nSPS) is 13.0. The molecule has 0 fully saturated rings. The number of rotatable bonds is 2. The van der Waals surface area contributed by atoms with Gasteiger partial charge in [-0.1, -0.05) is 16.8 Å². The number of fused-ring (bicyclic) bond motifs is 1. The van der Waals surface area contributed by atoms with Gasteiger partial charge in [0.2, 0.25) is 6.79 Å². The largest absolute Gasteiger partial charge is 0.454 e. The molecule has 0 amide bonds. The molecule has 2 heterocycles. The van der Waals surface area contributed by atoms with E-state index in [1.807, 2.05) is 12.1 Å². The second kappa shape index (κ2) is 3.81. The molecule has 1 aromatic carbocycles. The van der Waals surface area contributed by atoms with Crippen LogP contribution in [0, 0.1) is 0 Å². The van der Waals surface area contributed by atoms with E-state index in [2.05, 4.69) is 10.3 Å². The highest BCUT2D eigenvalue weighted by Gasteiger charge is 2.18. The fourth-order valence-electron chi connectivity index (χ4n) is 1.69. The first kappa shape index (κ1) is 10.2. The first-order chi connectivity index (χ1) is 8.22. The SMILES string of the molecule is Nc1cn(Cc2cc(Cl)c3c(c2)OCO3)nn1. The fraction of sp³-hybridized carbons (Fsp3) is 0.200. The van der Waals surface area contributed by atoms with Gasteiger partial charge in [-0.2, -0.15) is 0 Å². The summed E-state index contributed by atoms with van der Waals surface area (Å²) in [6.07, 6.45) is 1.65. The van der Waals surface area contributed by atoms with Crippen molar-refractivity contribution in [3.8, 4) is 11.5 Å². The predicted octanol–water partition coefficient (Wildman–Crippen LogP) is 1.29. The Balaban J connectivity index is 1.91. The lowest BCUT2D eigenvalue weighted by Crippen LogP contribution is -2.00. The number of ether oxygens (including phenoxy) is 2. The maximum atomic E-state index is 6.07. The van der Waals surface area contributed by atoms with Crippen molar-refractivity contribution in [1.29, 1.82) is 0 Å². The maximum Gasteiger partial charge on any atom is 0.231 e. The average Bonchev–Trinajstić information content (AvgIpc) is 2.87. The van der Waals surface area contributed by atoms with Crippen LogP contribution in [0.25, 0.3) is 0 Å². The van der Waals surface area contributed by atoms with Gasteiger partial charge in [-0.05, 0) is 17.7 Å². The Hall–Kier alpha value is -1.95. The van der Waals surface area contributed by atoms with Crippen LogP contribution in [0.2, 0.25) is 5.02 Å². The van der Waals surface area contributed by atoms with E-state index in [1.54, 1.807) is 10.9 Å². The van der Waals surface area contributed by atoms with E-state index in [-0.39, 0.29) is 6.79 Å². The van der Waals surface area contributed by atoms with Gasteiger partial charge in [-0.3, -0.25) is 0 Å². The van der Waals surface area contributed by atoms with Crippen molar-refractivity contribution in [3.05, 3.63) is 28.9 Å².